The van der Waals surface area contributed by atoms with Gasteiger partial charge in [-0.05, 0) is 12.5 Å². The normalized spacial score (nSPS) is 13.9. The second-order valence-corrected chi connectivity index (χ2v) is 6.14. The topological polar surface area (TPSA) is 85.1 Å². The molecule has 18 heavy (non-hydrogen) atoms. The Balaban J connectivity index is 2.55. The molecule has 0 saturated heterocycles. The Morgan fingerprint density at radius 3 is 2.94 bits per heavy atom. The summed E-state index contributed by atoms with van der Waals surface area (Å²) in [5, 5.41) is 2.98. The van der Waals surface area contributed by atoms with Crippen LogP contribution in [0, 0.1) is 0 Å². The highest BCUT2D eigenvalue weighted by Crippen LogP contribution is 2.14. The highest BCUT2D eigenvalue weighted by molar-refractivity contribution is 7.84. The molecule has 2 atom stereocenters. The Kier molecular flexibility index (Phi) is 5.55. The highest BCUT2D eigenvalue weighted by Gasteiger charge is 2.12. The molecular formula is C11H16ClN3O2S. The number of hydrogen-bond acceptors (Lipinski definition) is 4. The zero-order valence-corrected chi connectivity index (χ0v) is 11.8. The maximum Gasteiger partial charge on any atom is 0.253 e. The Labute approximate surface area is 114 Å². The van der Waals surface area contributed by atoms with Crippen LogP contribution in [0.1, 0.15) is 23.7 Å². The molecule has 0 fully saturated rings. The molecule has 0 aliphatic carbocycles. The first-order chi connectivity index (χ1) is 8.41. The van der Waals surface area contributed by atoms with Gasteiger partial charge in [0.05, 0.1) is 17.4 Å². The fourth-order valence-corrected chi connectivity index (χ4v) is 1.89. The Bertz CT molecular complexity index is 468. The number of nitrogens with one attached hydrogen (secondary N) is 1. The number of amides is 1. The van der Waals surface area contributed by atoms with Crippen LogP contribution >= 0.6 is 11.6 Å². The van der Waals surface area contributed by atoms with Crippen molar-refractivity contribution in [2.75, 3.05) is 18.5 Å². The lowest BCUT2D eigenvalue weighted by molar-refractivity contribution is 0.0954. The van der Waals surface area contributed by atoms with Crippen molar-refractivity contribution in [1.82, 2.24) is 10.3 Å². The Hall–Kier alpha value is -1.14. The van der Waals surface area contributed by atoms with Crippen molar-refractivity contribution in [2.24, 2.45) is 0 Å². The molecule has 0 aliphatic rings. The van der Waals surface area contributed by atoms with Gasteiger partial charge in [0, 0.05) is 28.9 Å². The van der Waals surface area contributed by atoms with Crippen LogP contribution in [0.25, 0.3) is 0 Å². The summed E-state index contributed by atoms with van der Waals surface area (Å²) in [6.07, 6.45) is 3.64. The molecule has 0 saturated carbocycles. The molecule has 5 nitrogen and oxygen atoms in total. The maximum absolute atomic E-state index is 11.8. The van der Waals surface area contributed by atoms with Gasteiger partial charge in [0.1, 0.15) is 5.15 Å². The van der Waals surface area contributed by atoms with Crippen LogP contribution in [0.4, 0.5) is 5.69 Å². The summed E-state index contributed by atoms with van der Waals surface area (Å²) in [5.41, 5.74) is 6.23. The van der Waals surface area contributed by atoms with Crippen LogP contribution in [-0.4, -0.2) is 33.2 Å². The second kappa shape index (κ2) is 6.70. The average Bonchev–Trinajstić information content (AvgIpc) is 2.31. The van der Waals surface area contributed by atoms with Gasteiger partial charge in [-0.25, -0.2) is 4.98 Å². The number of carbonyl (C=O) groups excluding carboxylic acids is 1. The minimum atomic E-state index is -0.885. The third kappa shape index (κ3) is 4.27. The zero-order valence-electron chi connectivity index (χ0n) is 10.3. The minimum Gasteiger partial charge on any atom is -0.397 e. The van der Waals surface area contributed by atoms with E-state index in [-0.39, 0.29) is 22.0 Å². The van der Waals surface area contributed by atoms with Gasteiger partial charge < -0.3 is 11.1 Å². The Morgan fingerprint density at radius 2 is 2.33 bits per heavy atom. The highest BCUT2D eigenvalue weighted by atomic mass is 35.5. The van der Waals surface area contributed by atoms with Crippen molar-refractivity contribution in [3.63, 3.8) is 0 Å². The molecule has 2 unspecified atom stereocenters. The fourth-order valence-electron chi connectivity index (χ4n) is 1.29. The van der Waals surface area contributed by atoms with Crippen molar-refractivity contribution >= 4 is 34.0 Å². The molecule has 100 valence electrons. The summed E-state index contributed by atoms with van der Waals surface area (Å²) in [6, 6.07) is 1.42. The number of nitrogens with zero attached hydrogens (tertiary/aromatic N) is 1. The molecule has 0 bridgehead atoms. The van der Waals surface area contributed by atoms with E-state index in [0.29, 0.717) is 18.5 Å². The largest absolute Gasteiger partial charge is 0.397 e. The SMILES string of the molecule is CC(CCNC(=O)c1cc(Cl)ncc1N)S(C)=O. The van der Waals surface area contributed by atoms with E-state index in [2.05, 4.69) is 10.3 Å². The first-order valence-corrected chi connectivity index (χ1v) is 7.43. The predicted octanol–water partition coefficient (Wildman–Crippen LogP) is 1.20. The molecule has 1 aromatic rings. The van der Waals surface area contributed by atoms with Crippen LogP contribution in [-0.2, 0) is 10.8 Å². The summed E-state index contributed by atoms with van der Waals surface area (Å²) in [4.78, 5) is 15.6. The van der Waals surface area contributed by atoms with E-state index in [0.717, 1.165) is 0 Å². The van der Waals surface area contributed by atoms with Crippen LogP contribution in [0.5, 0.6) is 0 Å². The number of anilines is 1. The van der Waals surface area contributed by atoms with Gasteiger partial charge in [-0.1, -0.05) is 18.5 Å². The third-order valence-electron chi connectivity index (χ3n) is 2.55. The third-order valence-corrected chi connectivity index (χ3v) is 4.12. The first-order valence-electron chi connectivity index (χ1n) is 5.43. The summed E-state index contributed by atoms with van der Waals surface area (Å²) in [7, 11) is -0.885. The molecule has 1 aromatic heterocycles. The van der Waals surface area contributed by atoms with Gasteiger partial charge in [-0.2, -0.15) is 0 Å². The minimum absolute atomic E-state index is 0.0451. The lowest BCUT2D eigenvalue weighted by atomic mass is 10.2. The van der Waals surface area contributed by atoms with Crippen molar-refractivity contribution in [1.29, 1.82) is 0 Å². The van der Waals surface area contributed by atoms with E-state index < -0.39 is 10.8 Å². The van der Waals surface area contributed by atoms with Gasteiger partial charge in [0.15, 0.2) is 0 Å². The van der Waals surface area contributed by atoms with E-state index >= 15 is 0 Å². The zero-order chi connectivity index (χ0) is 13.7. The number of nitrogens with two attached hydrogens (primary N) is 1. The van der Waals surface area contributed by atoms with Crippen molar-refractivity contribution in [3.05, 3.63) is 23.0 Å². The standard InChI is InChI=1S/C11H16ClN3O2S/c1-7(18(2)17)3-4-14-11(16)8-5-10(12)15-6-9(8)13/h5-7H,3-4,13H2,1-2H3,(H,14,16). The molecule has 0 aliphatic heterocycles. The number of carbonyl (C=O) groups is 1. The summed E-state index contributed by atoms with van der Waals surface area (Å²) < 4.78 is 11.1. The van der Waals surface area contributed by atoms with Gasteiger partial charge in [0.2, 0.25) is 0 Å². The Morgan fingerprint density at radius 1 is 1.67 bits per heavy atom. The molecule has 0 radical (unpaired) electrons. The smallest absolute Gasteiger partial charge is 0.253 e. The van der Waals surface area contributed by atoms with Gasteiger partial charge in [-0.3, -0.25) is 9.00 Å². The molecule has 1 amide bonds. The number of nitrogen functional groups attached to an aromatic ring is 1. The molecule has 7 heteroatoms. The summed E-state index contributed by atoms with van der Waals surface area (Å²) in [6.45, 7) is 2.32. The molecule has 1 rings (SSSR count). The molecular weight excluding hydrogens is 274 g/mol. The van der Waals surface area contributed by atoms with Crippen LogP contribution in [0.15, 0.2) is 12.3 Å². The van der Waals surface area contributed by atoms with Gasteiger partial charge in [0.25, 0.3) is 5.91 Å². The van der Waals surface area contributed by atoms with Gasteiger partial charge in [-0.15, -0.1) is 0 Å². The molecule has 1 heterocycles. The monoisotopic (exact) mass is 289 g/mol. The van der Waals surface area contributed by atoms with Crippen molar-refractivity contribution in [2.45, 2.75) is 18.6 Å². The molecule has 0 aromatic carbocycles. The lowest BCUT2D eigenvalue weighted by Crippen LogP contribution is -2.28. The molecule has 0 spiro atoms. The molecule has 3 N–H and O–H groups in total. The lowest BCUT2D eigenvalue weighted by Gasteiger charge is -2.10. The summed E-state index contributed by atoms with van der Waals surface area (Å²) >= 11 is 5.70. The van der Waals surface area contributed by atoms with Crippen LogP contribution < -0.4 is 11.1 Å². The number of halogens is 1. The average molecular weight is 290 g/mol. The number of aromatic nitrogens is 1. The number of hydrogen-bond donors (Lipinski definition) is 2. The van der Waals surface area contributed by atoms with Crippen molar-refractivity contribution < 1.29 is 9.00 Å². The van der Waals surface area contributed by atoms with E-state index in [1.807, 2.05) is 6.92 Å². The number of rotatable bonds is 5. The van der Waals surface area contributed by atoms with Crippen molar-refractivity contribution in [3.8, 4) is 0 Å². The van der Waals surface area contributed by atoms with E-state index in [4.69, 9.17) is 17.3 Å². The van der Waals surface area contributed by atoms with Gasteiger partial charge >= 0.3 is 0 Å². The maximum atomic E-state index is 11.8. The first kappa shape index (κ1) is 14.9. The van der Waals surface area contributed by atoms with Crippen LogP contribution in [0.2, 0.25) is 5.15 Å². The van der Waals surface area contributed by atoms with E-state index in [9.17, 15) is 9.00 Å². The van der Waals surface area contributed by atoms with E-state index in [1.165, 1.54) is 12.3 Å². The fraction of sp³-hybridized carbons (Fsp3) is 0.455. The quantitative estimate of drug-likeness (QED) is 0.798. The second-order valence-electron chi connectivity index (χ2n) is 3.95. The summed E-state index contributed by atoms with van der Waals surface area (Å²) in [5.74, 6) is -0.300. The van der Waals surface area contributed by atoms with Crippen LogP contribution in [0.3, 0.4) is 0 Å². The van der Waals surface area contributed by atoms with E-state index in [1.54, 1.807) is 6.26 Å². The predicted molar refractivity (Wildman–Crippen MR) is 74.1 cm³/mol. The number of pyridine rings is 1.